The zero-order valence-corrected chi connectivity index (χ0v) is 11.7. The van der Waals surface area contributed by atoms with Crippen LogP contribution in [0.15, 0.2) is 24.3 Å². The molecule has 0 atom stereocenters. The minimum absolute atomic E-state index is 0.179. The Hall–Kier alpha value is -1.62. The highest BCUT2D eigenvalue weighted by molar-refractivity contribution is 7.22. The number of para-hydroxylation sites is 1. The summed E-state index contributed by atoms with van der Waals surface area (Å²) in [5, 5.41) is 4.49. The van der Waals surface area contributed by atoms with E-state index in [1.165, 1.54) is 4.70 Å². The summed E-state index contributed by atoms with van der Waals surface area (Å²) >= 11 is 1.70. The van der Waals surface area contributed by atoms with Gasteiger partial charge in [0.2, 0.25) is 5.91 Å². The molecule has 1 aliphatic heterocycles. The molecule has 1 aromatic carbocycles. The van der Waals surface area contributed by atoms with E-state index in [4.69, 9.17) is 0 Å². The molecule has 3 rings (SSSR count). The molecule has 1 saturated heterocycles. The molecule has 100 valence electrons. The van der Waals surface area contributed by atoms with Gasteiger partial charge in [0.05, 0.1) is 10.2 Å². The maximum atomic E-state index is 11.3. The SMILES string of the molecule is CC(=O)N1CCC(Nc2nc3ccccc3s2)CC1. The molecule has 1 N–H and O–H groups in total. The van der Waals surface area contributed by atoms with Crippen LogP contribution in [0.25, 0.3) is 10.2 Å². The Kier molecular flexibility index (Phi) is 3.38. The molecule has 4 nitrogen and oxygen atoms in total. The molecule has 1 aromatic heterocycles. The molecule has 5 heteroatoms. The second-order valence-corrected chi connectivity index (χ2v) is 5.94. The lowest BCUT2D eigenvalue weighted by molar-refractivity contribution is -0.129. The van der Waals surface area contributed by atoms with Crippen molar-refractivity contribution in [3.05, 3.63) is 24.3 Å². The van der Waals surface area contributed by atoms with Gasteiger partial charge in [-0.25, -0.2) is 4.98 Å². The Labute approximate surface area is 116 Å². The van der Waals surface area contributed by atoms with Gasteiger partial charge in [0.15, 0.2) is 5.13 Å². The van der Waals surface area contributed by atoms with Crippen molar-refractivity contribution in [1.29, 1.82) is 0 Å². The maximum Gasteiger partial charge on any atom is 0.219 e. The number of hydrogen-bond donors (Lipinski definition) is 1. The van der Waals surface area contributed by atoms with Crippen LogP contribution < -0.4 is 5.32 Å². The van der Waals surface area contributed by atoms with E-state index in [1.807, 2.05) is 23.1 Å². The average Bonchev–Trinajstić information content (AvgIpc) is 2.81. The van der Waals surface area contributed by atoms with E-state index in [-0.39, 0.29) is 5.91 Å². The van der Waals surface area contributed by atoms with Crippen LogP contribution in [0.4, 0.5) is 5.13 Å². The zero-order chi connectivity index (χ0) is 13.2. The summed E-state index contributed by atoms with van der Waals surface area (Å²) in [6.45, 7) is 3.33. The number of nitrogens with zero attached hydrogens (tertiary/aromatic N) is 2. The second kappa shape index (κ2) is 5.17. The number of hydrogen-bond acceptors (Lipinski definition) is 4. The van der Waals surface area contributed by atoms with Crippen molar-refractivity contribution in [2.75, 3.05) is 18.4 Å². The molecule has 0 bridgehead atoms. The van der Waals surface area contributed by atoms with Crippen LogP contribution in [-0.4, -0.2) is 34.9 Å². The van der Waals surface area contributed by atoms with Crippen molar-refractivity contribution in [2.45, 2.75) is 25.8 Å². The number of likely N-dealkylation sites (tertiary alicyclic amines) is 1. The van der Waals surface area contributed by atoms with E-state index in [2.05, 4.69) is 16.4 Å². The first kappa shape index (κ1) is 12.4. The molecule has 1 fully saturated rings. The Bertz CT molecular complexity index is 554. The Morgan fingerprint density at radius 3 is 2.79 bits per heavy atom. The summed E-state index contributed by atoms with van der Waals surface area (Å²) in [7, 11) is 0. The number of carbonyl (C=O) groups is 1. The molecule has 19 heavy (non-hydrogen) atoms. The lowest BCUT2D eigenvalue weighted by Gasteiger charge is -2.31. The fourth-order valence-electron chi connectivity index (χ4n) is 2.45. The number of benzene rings is 1. The third kappa shape index (κ3) is 2.71. The molecule has 0 aliphatic carbocycles. The molecule has 0 radical (unpaired) electrons. The highest BCUT2D eigenvalue weighted by Crippen LogP contribution is 2.27. The van der Waals surface area contributed by atoms with E-state index in [1.54, 1.807) is 18.3 Å². The van der Waals surface area contributed by atoms with Crippen LogP contribution in [0.1, 0.15) is 19.8 Å². The lowest BCUT2D eigenvalue weighted by Crippen LogP contribution is -2.41. The van der Waals surface area contributed by atoms with Crippen molar-refractivity contribution in [3.63, 3.8) is 0 Å². The Morgan fingerprint density at radius 1 is 1.37 bits per heavy atom. The molecule has 2 heterocycles. The zero-order valence-electron chi connectivity index (χ0n) is 10.9. The van der Waals surface area contributed by atoms with Gasteiger partial charge in [-0.15, -0.1) is 0 Å². The number of aromatic nitrogens is 1. The van der Waals surface area contributed by atoms with Crippen LogP contribution in [0.5, 0.6) is 0 Å². The Morgan fingerprint density at radius 2 is 2.11 bits per heavy atom. The van der Waals surface area contributed by atoms with Crippen LogP contribution >= 0.6 is 11.3 Å². The smallest absolute Gasteiger partial charge is 0.219 e. The van der Waals surface area contributed by atoms with Crippen LogP contribution in [-0.2, 0) is 4.79 Å². The number of piperidine rings is 1. The Balaban J connectivity index is 1.64. The minimum atomic E-state index is 0.179. The van der Waals surface area contributed by atoms with Crippen molar-refractivity contribution in [2.24, 2.45) is 0 Å². The lowest BCUT2D eigenvalue weighted by atomic mass is 10.1. The summed E-state index contributed by atoms with van der Waals surface area (Å²) in [6.07, 6.45) is 1.99. The van der Waals surface area contributed by atoms with Gasteiger partial charge in [-0.2, -0.15) is 0 Å². The van der Waals surface area contributed by atoms with Gasteiger partial charge in [0.1, 0.15) is 0 Å². The average molecular weight is 275 g/mol. The van der Waals surface area contributed by atoms with Crippen molar-refractivity contribution in [1.82, 2.24) is 9.88 Å². The number of thiazole rings is 1. The predicted octanol–water partition coefficient (Wildman–Crippen LogP) is 2.72. The van der Waals surface area contributed by atoms with Gasteiger partial charge in [-0.3, -0.25) is 4.79 Å². The number of nitrogens with one attached hydrogen (secondary N) is 1. The highest BCUT2D eigenvalue weighted by atomic mass is 32.1. The second-order valence-electron chi connectivity index (χ2n) is 4.91. The number of fused-ring (bicyclic) bond motifs is 1. The first-order valence-corrected chi connectivity index (χ1v) is 7.41. The molecule has 1 aliphatic rings. The monoisotopic (exact) mass is 275 g/mol. The number of anilines is 1. The van der Waals surface area contributed by atoms with Gasteiger partial charge in [0, 0.05) is 26.1 Å². The summed E-state index contributed by atoms with van der Waals surface area (Å²) in [5.74, 6) is 0.179. The fourth-order valence-corrected chi connectivity index (χ4v) is 3.39. The van der Waals surface area contributed by atoms with E-state index >= 15 is 0 Å². The van der Waals surface area contributed by atoms with E-state index < -0.39 is 0 Å². The van der Waals surface area contributed by atoms with E-state index in [0.29, 0.717) is 6.04 Å². The van der Waals surface area contributed by atoms with E-state index in [9.17, 15) is 4.79 Å². The number of rotatable bonds is 2. The van der Waals surface area contributed by atoms with E-state index in [0.717, 1.165) is 36.6 Å². The summed E-state index contributed by atoms with van der Waals surface area (Å²) in [6, 6.07) is 8.61. The van der Waals surface area contributed by atoms with Crippen LogP contribution in [0, 0.1) is 0 Å². The maximum absolute atomic E-state index is 11.3. The van der Waals surface area contributed by atoms with Crippen LogP contribution in [0.3, 0.4) is 0 Å². The minimum Gasteiger partial charge on any atom is -0.359 e. The third-order valence-electron chi connectivity index (χ3n) is 3.56. The van der Waals surface area contributed by atoms with Crippen LogP contribution in [0.2, 0.25) is 0 Å². The quantitative estimate of drug-likeness (QED) is 0.916. The molecular formula is C14H17N3OS. The largest absolute Gasteiger partial charge is 0.359 e. The third-order valence-corrected chi connectivity index (χ3v) is 4.53. The molecule has 0 saturated carbocycles. The van der Waals surface area contributed by atoms with Crippen molar-refractivity contribution >= 4 is 32.6 Å². The summed E-state index contributed by atoms with van der Waals surface area (Å²) in [4.78, 5) is 17.8. The highest BCUT2D eigenvalue weighted by Gasteiger charge is 2.21. The number of amides is 1. The number of carbonyl (C=O) groups excluding carboxylic acids is 1. The summed E-state index contributed by atoms with van der Waals surface area (Å²) in [5.41, 5.74) is 1.05. The molecule has 0 unspecified atom stereocenters. The first-order valence-electron chi connectivity index (χ1n) is 6.60. The predicted molar refractivity (Wildman–Crippen MR) is 78.5 cm³/mol. The molecule has 1 amide bonds. The molecular weight excluding hydrogens is 258 g/mol. The first-order chi connectivity index (χ1) is 9.22. The molecule has 2 aromatic rings. The van der Waals surface area contributed by atoms with Gasteiger partial charge in [-0.1, -0.05) is 23.5 Å². The topological polar surface area (TPSA) is 45.2 Å². The van der Waals surface area contributed by atoms with Gasteiger partial charge in [-0.05, 0) is 25.0 Å². The van der Waals surface area contributed by atoms with Gasteiger partial charge >= 0.3 is 0 Å². The van der Waals surface area contributed by atoms with Crippen molar-refractivity contribution in [3.8, 4) is 0 Å². The van der Waals surface area contributed by atoms with Gasteiger partial charge < -0.3 is 10.2 Å². The molecule has 0 spiro atoms. The van der Waals surface area contributed by atoms with Crippen molar-refractivity contribution < 1.29 is 4.79 Å². The normalized spacial score (nSPS) is 16.8. The summed E-state index contributed by atoms with van der Waals surface area (Å²) < 4.78 is 1.21. The van der Waals surface area contributed by atoms with Gasteiger partial charge in [0.25, 0.3) is 0 Å². The standard InChI is InChI=1S/C14H17N3OS/c1-10(18)17-8-6-11(7-9-17)15-14-16-12-4-2-3-5-13(12)19-14/h2-5,11H,6-9H2,1H3,(H,15,16). The fraction of sp³-hybridized carbons (Fsp3) is 0.429.